The van der Waals surface area contributed by atoms with Gasteiger partial charge in [0, 0.05) is 48.0 Å². The normalized spacial score (nSPS) is 14.6. The van der Waals surface area contributed by atoms with Crippen LogP contribution >= 0.6 is 11.3 Å². The predicted molar refractivity (Wildman–Crippen MR) is 268 cm³/mol. The Balaban J connectivity index is 1.09. The number of hydrogen-bond acceptors (Lipinski definition) is 3. The lowest BCUT2D eigenvalue weighted by molar-refractivity contribution is 0.669. The minimum atomic E-state index is -0.641. The smallest absolute Gasteiger partial charge is 0.135 e. The second-order valence-electron chi connectivity index (χ2n) is 17.1. The molecule has 0 aliphatic heterocycles. The van der Waals surface area contributed by atoms with Crippen LogP contribution < -0.4 is 4.90 Å². The van der Waals surface area contributed by atoms with Crippen LogP contribution in [0.25, 0.3) is 86.6 Å². The van der Waals surface area contributed by atoms with Crippen LogP contribution in [0.2, 0.25) is 0 Å². The van der Waals surface area contributed by atoms with Crippen LogP contribution in [0.5, 0.6) is 0 Å². The molecule has 0 saturated carbocycles. The van der Waals surface area contributed by atoms with Crippen molar-refractivity contribution in [3.63, 3.8) is 0 Å². The van der Waals surface area contributed by atoms with Gasteiger partial charge in [0.2, 0.25) is 0 Å². The molecule has 10 aromatic carbocycles. The highest BCUT2D eigenvalue weighted by Crippen LogP contribution is 2.64. The van der Waals surface area contributed by atoms with E-state index in [1.807, 2.05) is 17.4 Å². The molecule has 2 aliphatic rings. The Kier molecular flexibility index (Phi) is 7.51. The summed E-state index contributed by atoms with van der Waals surface area (Å²) in [5, 5.41) is 4.87. The van der Waals surface area contributed by atoms with Crippen LogP contribution in [-0.2, 0) is 5.41 Å². The number of anilines is 3. The van der Waals surface area contributed by atoms with E-state index in [4.69, 9.17) is 4.42 Å². The average Bonchev–Trinajstić information content (AvgIpc) is 4.00. The summed E-state index contributed by atoms with van der Waals surface area (Å²) in [5.41, 5.74) is 19.6. The van der Waals surface area contributed by atoms with E-state index in [0.717, 1.165) is 39.0 Å². The molecule has 2 aliphatic carbocycles. The van der Waals surface area contributed by atoms with Gasteiger partial charge in [0.25, 0.3) is 0 Å². The molecule has 0 amide bonds. The number of fused-ring (bicyclic) bond motifs is 19. The molecule has 0 fully saturated rings. The molecule has 2 nitrogen and oxygen atoms in total. The van der Waals surface area contributed by atoms with Gasteiger partial charge in [-0.25, -0.2) is 0 Å². The van der Waals surface area contributed by atoms with E-state index in [0.29, 0.717) is 0 Å². The van der Waals surface area contributed by atoms with Crippen LogP contribution in [0.3, 0.4) is 0 Å². The number of para-hydroxylation sites is 1. The Morgan fingerprint density at radius 2 is 0.922 bits per heavy atom. The molecule has 298 valence electrons. The van der Waals surface area contributed by atoms with E-state index < -0.39 is 5.41 Å². The molecule has 2 aromatic heterocycles. The van der Waals surface area contributed by atoms with Gasteiger partial charge in [-0.05, 0) is 127 Å². The van der Waals surface area contributed by atoms with Crippen molar-refractivity contribution in [2.45, 2.75) is 5.41 Å². The molecule has 0 bridgehead atoms. The summed E-state index contributed by atoms with van der Waals surface area (Å²) in [6.07, 6.45) is 0. The summed E-state index contributed by atoms with van der Waals surface area (Å²) in [4.78, 5) is 2.43. The van der Waals surface area contributed by atoms with Crippen molar-refractivity contribution >= 4 is 70.5 Å². The monoisotopic (exact) mass is 831 g/mol. The highest BCUT2D eigenvalue weighted by Gasteiger charge is 2.50. The summed E-state index contributed by atoms with van der Waals surface area (Å²) >= 11 is 1.89. The summed E-state index contributed by atoms with van der Waals surface area (Å²) in [7, 11) is 0. The maximum absolute atomic E-state index is 6.38. The largest absolute Gasteiger partial charge is 0.456 e. The fourth-order valence-corrected chi connectivity index (χ4v) is 12.4. The Hall–Kier alpha value is -7.98. The minimum Gasteiger partial charge on any atom is -0.456 e. The van der Waals surface area contributed by atoms with Gasteiger partial charge in [0.05, 0.1) is 5.41 Å². The van der Waals surface area contributed by atoms with Crippen LogP contribution in [0, 0.1) is 0 Å². The first-order valence-electron chi connectivity index (χ1n) is 22.0. The van der Waals surface area contributed by atoms with Crippen molar-refractivity contribution in [2.24, 2.45) is 0 Å². The summed E-state index contributed by atoms with van der Waals surface area (Å²) in [5.74, 6) is 0. The van der Waals surface area contributed by atoms with Crippen LogP contribution in [-0.4, -0.2) is 0 Å². The first-order valence-corrected chi connectivity index (χ1v) is 22.8. The Morgan fingerprint density at radius 3 is 1.73 bits per heavy atom. The zero-order chi connectivity index (χ0) is 41.9. The van der Waals surface area contributed by atoms with E-state index in [1.54, 1.807) is 0 Å². The number of rotatable bonds is 4. The number of benzene rings is 10. The first-order chi connectivity index (χ1) is 31.7. The second-order valence-corrected chi connectivity index (χ2v) is 18.2. The van der Waals surface area contributed by atoms with E-state index in [-0.39, 0.29) is 0 Å². The maximum atomic E-state index is 6.38. The molecule has 1 atom stereocenters. The van der Waals surface area contributed by atoms with Crippen molar-refractivity contribution in [2.75, 3.05) is 4.90 Å². The third kappa shape index (κ3) is 4.90. The van der Waals surface area contributed by atoms with Gasteiger partial charge in [-0.3, -0.25) is 0 Å². The van der Waals surface area contributed by atoms with Gasteiger partial charge in [-0.15, -0.1) is 11.3 Å². The van der Waals surface area contributed by atoms with Crippen molar-refractivity contribution in [3.8, 4) is 44.5 Å². The predicted octanol–water partition coefficient (Wildman–Crippen LogP) is 17.1. The summed E-state index contributed by atoms with van der Waals surface area (Å²) in [6, 6.07) is 83.1. The van der Waals surface area contributed by atoms with Gasteiger partial charge < -0.3 is 9.32 Å². The Morgan fingerprint density at radius 1 is 0.344 bits per heavy atom. The molecule has 1 unspecified atom stereocenters. The molecule has 64 heavy (non-hydrogen) atoms. The number of furan rings is 1. The molecular formula is C61H37NOS. The van der Waals surface area contributed by atoms with Gasteiger partial charge in [0.15, 0.2) is 0 Å². The molecule has 2 heterocycles. The lowest BCUT2D eigenvalue weighted by Gasteiger charge is -2.36. The summed E-state index contributed by atoms with van der Waals surface area (Å²) < 4.78 is 9.02. The van der Waals surface area contributed by atoms with Crippen molar-refractivity contribution in [1.29, 1.82) is 0 Å². The lowest BCUT2D eigenvalue weighted by atomic mass is 9.65. The van der Waals surface area contributed by atoms with Gasteiger partial charge in [-0.2, -0.15) is 0 Å². The first kappa shape index (κ1) is 35.6. The third-order valence-corrected chi connectivity index (χ3v) is 15.0. The number of hydrogen-bond donors (Lipinski definition) is 0. The van der Waals surface area contributed by atoms with Gasteiger partial charge in [-0.1, -0.05) is 164 Å². The summed E-state index contributed by atoms with van der Waals surface area (Å²) in [6.45, 7) is 0. The lowest BCUT2D eigenvalue weighted by Crippen LogP contribution is -2.29. The highest BCUT2D eigenvalue weighted by molar-refractivity contribution is 7.26. The van der Waals surface area contributed by atoms with Crippen molar-refractivity contribution in [1.82, 2.24) is 0 Å². The van der Waals surface area contributed by atoms with E-state index in [9.17, 15) is 0 Å². The maximum Gasteiger partial charge on any atom is 0.135 e. The zero-order valence-electron chi connectivity index (χ0n) is 34.6. The fraction of sp³-hybridized carbons (Fsp3) is 0.0164. The van der Waals surface area contributed by atoms with Crippen LogP contribution in [0.1, 0.15) is 22.3 Å². The molecule has 0 N–H and O–H groups in total. The van der Waals surface area contributed by atoms with Crippen molar-refractivity contribution in [3.05, 3.63) is 247 Å². The van der Waals surface area contributed by atoms with E-state index in [2.05, 4.69) is 223 Å². The number of thiophene rings is 1. The molecule has 12 aromatic rings. The molecule has 1 spiro atoms. The Bertz CT molecular complexity index is 3860. The quantitative estimate of drug-likeness (QED) is 0.176. The Labute approximate surface area is 374 Å². The topological polar surface area (TPSA) is 16.4 Å². The minimum absolute atomic E-state index is 0.641. The highest BCUT2D eigenvalue weighted by atomic mass is 32.1. The van der Waals surface area contributed by atoms with E-state index in [1.165, 1.54) is 86.9 Å². The van der Waals surface area contributed by atoms with E-state index >= 15 is 0 Å². The molecular weight excluding hydrogens is 795 g/mol. The SMILES string of the molecule is c1ccc(-c2ccc(N(c3ccc4c(c3)C3(c5ccccc5-c5ccccc5-4)c4ccccc4-c4c3ccc3sc5ccccc5c43)c3ccc4oc5ccccc5c4c3)cc2)cc1. The molecule has 0 saturated heterocycles. The van der Waals surface area contributed by atoms with Gasteiger partial charge in [0.1, 0.15) is 11.2 Å². The second kappa shape index (κ2) is 13.5. The molecule has 14 rings (SSSR count). The number of nitrogens with zero attached hydrogens (tertiary/aromatic N) is 1. The third-order valence-electron chi connectivity index (χ3n) is 13.9. The average molecular weight is 832 g/mol. The fourth-order valence-electron chi connectivity index (χ4n) is 11.3. The zero-order valence-corrected chi connectivity index (χ0v) is 35.4. The van der Waals surface area contributed by atoms with Crippen LogP contribution in [0.4, 0.5) is 17.1 Å². The van der Waals surface area contributed by atoms with Crippen molar-refractivity contribution < 1.29 is 4.42 Å². The standard InChI is InChI=1S/C61H37NOS/c1-2-14-38(15-3-1)39-26-28-40(29-27-39)62(41-31-34-56-50(36-41)47-19-8-12-24-55(47)63-56)42-30-32-46-44-17-5-4-16-43(44)45-18-6-10-22-51(45)61(54(46)37-42)52-23-11-7-20-48(52)59-53(61)33-35-58-60(59)49-21-9-13-25-57(49)64-58/h1-37H. The molecule has 0 radical (unpaired) electrons. The molecule has 3 heteroatoms. The van der Waals surface area contributed by atoms with Gasteiger partial charge >= 0.3 is 0 Å². The van der Waals surface area contributed by atoms with Crippen LogP contribution in [0.15, 0.2) is 229 Å².